The van der Waals surface area contributed by atoms with E-state index in [-0.39, 0.29) is 46.1 Å². The average molecular weight is 646 g/mol. The van der Waals surface area contributed by atoms with Crippen LogP contribution in [0.15, 0.2) is 30.5 Å². The Hall–Kier alpha value is -3.75. The normalized spacial score (nSPS) is 27.4. The lowest BCUT2D eigenvalue weighted by atomic mass is 9.95. The van der Waals surface area contributed by atoms with E-state index in [0.29, 0.717) is 46.6 Å². The number of alkyl halides is 1. The van der Waals surface area contributed by atoms with Crippen molar-refractivity contribution in [3.63, 3.8) is 0 Å². The zero-order valence-electron chi connectivity index (χ0n) is 25.5. The third kappa shape index (κ3) is 4.67. The summed E-state index contributed by atoms with van der Waals surface area (Å²) >= 11 is 1.91. The lowest BCUT2D eigenvalue weighted by Gasteiger charge is -2.38. The fraction of sp³-hybridized carbons (Fsp3) is 0.457. The number of terminal acetylenes is 1. The predicted octanol–water partition coefficient (Wildman–Crippen LogP) is 6.34. The summed E-state index contributed by atoms with van der Waals surface area (Å²) in [4.78, 5) is 18.3. The van der Waals surface area contributed by atoms with Crippen molar-refractivity contribution in [2.75, 3.05) is 43.9 Å². The molecule has 7 nitrogen and oxygen atoms in total. The molecule has 4 fully saturated rings. The van der Waals surface area contributed by atoms with E-state index >= 15 is 4.39 Å². The maximum Gasteiger partial charge on any atom is 0.319 e. The van der Waals surface area contributed by atoms with Crippen LogP contribution in [0.3, 0.4) is 0 Å². The number of anilines is 1. The minimum absolute atomic E-state index is 0.00931. The summed E-state index contributed by atoms with van der Waals surface area (Å²) in [6, 6.07) is 5.53. The van der Waals surface area contributed by atoms with Gasteiger partial charge in [-0.3, -0.25) is 9.88 Å². The van der Waals surface area contributed by atoms with Crippen LogP contribution in [-0.2, 0) is 0 Å². The molecule has 46 heavy (non-hydrogen) atoms. The summed E-state index contributed by atoms with van der Waals surface area (Å²) < 4.78 is 52.5. The van der Waals surface area contributed by atoms with Crippen molar-refractivity contribution in [3.05, 3.63) is 47.7 Å². The molecule has 238 valence electrons. The first-order valence-electron chi connectivity index (χ1n) is 15.9. The van der Waals surface area contributed by atoms with E-state index in [9.17, 15) is 13.9 Å². The maximum atomic E-state index is 16.9. The van der Waals surface area contributed by atoms with E-state index in [1.807, 2.05) is 11.8 Å². The molecule has 0 radical (unpaired) electrons. The molecule has 4 aromatic rings. The fourth-order valence-corrected chi connectivity index (χ4v) is 9.86. The van der Waals surface area contributed by atoms with Gasteiger partial charge in [0.2, 0.25) is 0 Å². The molecule has 2 aromatic heterocycles. The van der Waals surface area contributed by atoms with Crippen molar-refractivity contribution >= 4 is 39.3 Å². The number of nitrogens with zero attached hydrogens (tertiary/aromatic N) is 5. The van der Waals surface area contributed by atoms with Crippen LogP contribution in [0.2, 0.25) is 0 Å². The first-order valence-corrected chi connectivity index (χ1v) is 17.2. The second-order valence-corrected chi connectivity index (χ2v) is 14.3. The second kappa shape index (κ2) is 11.2. The third-order valence-electron chi connectivity index (χ3n) is 10.6. The van der Waals surface area contributed by atoms with Crippen LogP contribution < -0.4 is 9.64 Å². The van der Waals surface area contributed by atoms with Crippen LogP contribution in [0.4, 0.5) is 19.0 Å². The van der Waals surface area contributed by atoms with Crippen molar-refractivity contribution in [1.82, 2.24) is 19.9 Å². The quantitative estimate of drug-likeness (QED) is 0.244. The van der Waals surface area contributed by atoms with Crippen LogP contribution >= 0.6 is 11.8 Å². The molecule has 1 N–H and O–H groups in total. The van der Waals surface area contributed by atoms with Crippen molar-refractivity contribution in [2.24, 2.45) is 11.8 Å². The summed E-state index contributed by atoms with van der Waals surface area (Å²) in [5.74, 6) is 2.39. The number of fused-ring (bicyclic) bond motifs is 5. The van der Waals surface area contributed by atoms with Gasteiger partial charge in [0, 0.05) is 48.5 Å². The van der Waals surface area contributed by atoms with Crippen LogP contribution in [0.1, 0.15) is 37.7 Å². The summed E-state index contributed by atoms with van der Waals surface area (Å²) in [5, 5.41) is 12.3. The van der Waals surface area contributed by atoms with Crippen LogP contribution in [0.5, 0.6) is 11.8 Å². The molecule has 2 aromatic carbocycles. The Morgan fingerprint density at radius 3 is 2.72 bits per heavy atom. The van der Waals surface area contributed by atoms with Crippen molar-refractivity contribution in [2.45, 2.75) is 49.1 Å². The van der Waals surface area contributed by atoms with Gasteiger partial charge < -0.3 is 14.7 Å². The van der Waals surface area contributed by atoms with Gasteiger partial charge in [-0.25, -0.2) is 13.2 Å². The van der Waals surface area contributed by atoms with E-state index in [1.54, 1.807) is 6.20 Å². The number of benzene rings is 2. The molecule has 4 aliphatic rings. The zero-order valence-corrected chi connectivity index (χ0v) is 26.3. The minimum Gasteiger partial charge on any atom is -0.508 e. The van der Waals surface area contributed by atoms with Gasteiger partial charge in [-0.2, -0.15) is 21.7 Å². The molecule has 5 heterocycles. The highest BCUT2D eigenvalue weighted by atomic mass is 32.2. The number of hydrogen-bond donors (Lipinski definition) is 1. The number of phenols is 1. The third-order valence-corrected chi connectivity index (χ3v) is 12.0. The van der Waals surface area contributed by atoms with Crippen LogP contribution in [0, 0.1) is 35.8 Å². The van der Waals surface area contributed by atoms with Gasteiger partial charge in [0.1, 0.15) is 41.4 Å². The van der Waals surface area contributed by atoms with Crippen LogP contribution in [-0.4, -0.2) is 81.0 Å². The highest BCUT2D eigenvalue weighted by molar-refractivity contribution is 7.99. The number of hydrogen-bond acceptors (Lipinski definition) is 8. The van der Waals surface area contributed by atoms with Gasteiger partial charge in [-0.15, -0.1) is 6.42 Å². The Morgan fingerprint density at radius 2 is 1.96 bits per heavy atom. The molecule has 5 atom stereocenters. The lowest BCUT2D eigenvalue weighted by Crippen LogP contribution is -2.44. The molecular formula is C35H34F3N5O2S. The molecule has 1 unspecified atom stereocenters. The highest BCUT2D eigenvalue weighted by Crippen LogP contribution is 2.46. The van der Waals surface area contributed by atoms with E-state index < -0.39 is 23.3 Å². The number of piperidine rings is 1. The van der Waals surface area contributed by atoms with Gasteiger partial charge in [-0.1, -0.05) is 12.0 Å². The van der Waals surface area contributed by atoms with E-state index in [4.69, 9.17) is 16.1 Å². The topological polar surface area (TPSA) is 74.6 Å². The number of ether oxygens (including phenoxy) is 1. The first-order chi connectivity index (χ1) is 22.3. The summed E-state index contributed by atoms with van der Waals surface area (Å²) in [7, 11) is 0. The molecule has 3 aliphatic heterocycles. The number of rotatable bonds is 6. The number of halogens is 3. The molecule has 0 spiro atoms. The predicted molar refractivity (Wildman–Crippen MR) is 174 cm³/mol. The molecule has 2 bridgehead atoms. The number of pyridine rings is 1. The van der Waals surface area contributed by atoms with E-state index in [1.165, 1.54) is 24.3 Å². The summed E-state index contributed by atoms with van der Waals surface area (Å²) in [6.45, 7) is 2.98. The Labute approximate surface area is 269 Å². The number of aromatic nitrogens is 3. The molecular weight excluding hydrogens is 611 g/mol. The largest absolute Gasteiger partial charge is 0.508 e. The monoisotopic (exact) mass is 645 g/mol. The minimum atomic E-state index is -0.911. The molecule has 8 rings (SSSR count). The first kappa shape index (κ1) is 29.6. The maximum absolute atomic E-state index is 16.9. The second-order valence-electron chi connectivity index (χ2n) is 13.2. The number of thioether (sulfide) groups is 1. The summed E-state index contributed by atoms with van der Waals surface area (Å²) in [6.07, 6.45) is 12.9. The van der Waals surface area contributed by atoms with Crippen molar-refractivity contribution < 1.29 is 23.0 Å². The van der Waals surface area contributed by atoms with Gasteiger partial charge in [-0.05, 0) is 73.9 Å². The fourth-order valence-electron chi connectivity index (χ4n) is 8.65. The van der Waals surface area contributed by atoms with Gasteiger partial charge in [0.25, 0.3) is 0 Å². The van der Waals surface area contributed by atoms with Crippen LogP contribution in [0.25, 0.3) is 32.9 Å². The molecule has 1 aliphatic carbocycles. The van der Waals surface area contributed by atoms with Crippen molar-refractivity contribution in [1.29, 1.82) is 0 Å². The summed E-state index contributed by atoms with van der Waals surface area (Å²) in [5.41, 5.74) is -0.426. The standard InChI is InChI=1S/C35H34F3N5O2S/c1-3-24-27(37)8-7-19-11-23(44)12-25(28(19)24)30-29(38)31-26(14-39-30)33(42-15-20-5-6-21(16-42)32(20)46-2)41-34(40-31)45-18-35-9-4-10-43(35)17-22(36)13-35/h1,7-8,11-12,14,20-22,32,44H,4-6,9-10,13,15-18H2,2H3/t20-,21+,22-,32?,35+/m1/s1. The Morgan fingerprint density at radius 1 is 1.15 bits per heavy atom. The van der Waals surface area contributed by atoms with Gasteiger partial charge >= 0.3 is 6.01 Å². The van der Waals surface area contributed by atoms with E-state index in [2.05, 4.69) is 31.9 Å². The average Bonchev–Trinajstić information content (AvgIpc) is 3.65. The number of phenolic OH excluding ortho intramolecular Hbond substituents is 1. The van der Waals surface area contributed by atoms with Gasteiger partial charge in [0.05, 0.1) is 16.5 Å². The molecule has 3 saturated heterocycles. The SMILES string of the molecule is C#Cc1c(F)ccc2cc(O)cc(-c3ncc4c(N5C[C@H]6CC[C@@H](C5)C6SC)nc(OC[C@@]56CCCN5C[C@H](F)C6)nc4c3F)c12. The Kier molecular flexibility index (Phi) is 7.22. The number of aromatic hydroxyl groups is 1. The molecule has 1 saturated carbocycles. The Bertz CT molecular complexity index is 1910. The van der Waals surface area contributed by atoms with Crippen molar-refractivity contribution in [3.8, 4) is 35.4 Å². The smallest absolute Gasteiger partial charge is 0.319 e. The lowest BCUT2D eigenvalue weighted by molar-refractivity contribution is 0.107. The molecule has 0 amide bonds. The molecule has 11 heteroatoms. The highest BCUT2D eigenvalue weighted by Gasteiger charge is 2.49. The zero-order chi connectivity index (χ0) is 31.7. The van der Waals surface area contributed by atoms with Gasteiger partial charge in [0.15, 0.2) is 5.82 Å². The Balaban J connectivity index is 1.27. The van der Waals surface area contributed by atoms with E-state index in [0.717, 1.165) is 45.3 Å².